The van der Waals surface area contributed by atoms with E-state index < -0.39 is 0 Å². The highest BCUT2D eigenvalue weighted by molar-refractivity contribution is 5.28. The molecule has 3 N–H and O–H groups in total. The van der Waals surface area contributed by atoms with E-state index in [1.54, 1.807) is 6.92 Å². The second-order valence-electron chi connectivity index (χ2n) is 5.01. The highest BCUT2D eigenvalue weighted by Gasteiger charge is 2.30. The van der Waals surface area contributed by atoms with Crippen LogP contribution in [0.4, 0.5) is 0 Å². The summed E-state index contributed by atoms with van der Waals surface area (Å²) >= 11 is 0. The molecule has 0 saturated heterocycles. The van der Waals surface area contributed by atoms with Crippen LogP contribution in [0.1, 0.15) is 36.7 Å². The van der Waals surface area contributed by atoms with Crippen LogP contribution in [0.2, 0.25) is 0 Å². The predicted molar refractivity (Wildman–Crippen MR) is 67.5 cm³/mol. The molecule has 6 nitrogen and oxygen atoms in total. The van der Waals surface area contributed by atoms with Crippen molar-refractivity contribution in [3.63, 3.8) is 0 Å². The fraction of sp³-hybridized carbons (Fsp3) is 0.583. The molecule has 2 atom stereocenters. The fourth-order valence-corrected chi connectivity index (χ4v) is 2.85. The maximum Gasteiger partial charge on any atom is 0.274 e. The van der Waals surface area contributed by atoms with E-state index in [4.69, 9.17) is 5.73 Å². The number of aromatic nitrogens is 4. The minimum absolute atomic E-state index is 0.112. The van der Waals surface area contributed by atoms with Crippen LogP contribution in [-0.2, 0) is 0 Å². The number of hydrogen-bond donors (Lipinski definition) is 2. The summed E-state index contributed by atoms with van der Waals surface area (Å²) in [5.41, 5.74) is 6.37. The maximum absolute atomic E-state index is 11.8. The van der Waals surface area contributed by atoms with Crippen LogP contribution in [0.15, 0.2) is 10.9 Å². The second kappa shape index (κ2) is 4.20. The molecule has 0 spiro atoms. The number of nitrogens with zero attached hydrogens (tertiary/aromatic N) is 3. The topological polar surface area (TPSA) is 89.1 Å². The quantitative estimate of drug-likeness (QED) is 0.811. The zero-order valence-corrected chi connectivity index (χ0v) is 10.4. The number of nitrogens with two attached hydrogens (primary N) is 1. The Labute approximate surface area is 104 Å². The Morgan fingerprint density at radius 2 is 2.33 bits per heavy atom. The van der Waals surface area contributed by atoms with Gasteiger partial charge in [0, 0.05) is 17.7 Å². The van der Waals surface area contributed by atoms with E-state index in [1.165, 1.54) is 17.0 Å². The number of nitrogens with one attached hydrogen (secondary N) is 1. The van der Waals surface area contributed by atoms with Gasteiger partial charge in [-0.1, -0.05) is 6.42 Å². The molecule has 6 heteroatoms. The van der Waals surface area contributed by atoms with Crippen LogP contribution in [0, 0.1) is 12.8 Å². The first-order chi connectivity index (χ1) is 8.69. The molecule has 2 heterocycles. The van der Waals surface area contributed by atoms with E-state index in [0.717, 1.165) is 18.7 Å². The van der Waals surface area contributed by atoms with Crippen LogP contribution < -0.4 is 11.3 Å². The summed E-state index contributed by atoms with van der Waals surface area (Å²) in [5, 5.41) is 3.07. The molecular formula is C12H17N5O. The number of hydrogen-bond acceptors (Lipinski definition) is 4. The Hall–Kier alpha value is -1.69. The summed E-state index contributed by atoms with van der Waals surface area (Å²) in [6, 6.07) is 1.50. The standard InChI is InChI=1S/C12H17N5O/c1-7-5-10(18)17-12(14-7)15-11(16-17)9-4-2-3-8(9)6-13/h5,8-9H,2-4,6,13H2,1H3,(H,14,15,16). The van der Waals surface area contributed by atoms with Gasteiger partial charge in [0.15, 0.2) is 0 Å². The number of H-pyrrole nitrogens is 1. The van der Waals surface area contributed by atoms with Gasteiger partial charge >= 0.3 is 0 Å². The summed E-state index contributed by atoms with van der Waals surface area (Å²) in [7, 11) is 0. The molecule has 1 saturated carbocycles. The van der Waals surface area contributed by atoms with E-state index in [0.29, 0.717) is 29.9 Å². The molecule has 3 rings (SSSR count). The van der Waals surface area contributed by atoms with Gasteiger partial charge < -0.3 is 5.73 Å². The monoisotopic (exact) mass is 247 g/mol. The summed E-state index contributed by atoms with van der Waals surface area (Å²) in [5.74, 6) is 2.09. The van der Waals surface area contributed by atoms with Crippen molar-refractivity contribution in [1.82, 2.24) is 19.6 Å². The van der Waals surface area contributed by atoms with E-state index in [2.05, 4.69) is 15.1 Å². The minimum Gasteiger partial charge on any atom is -0.330 e. The lowest BCUT2D eigenvalue weighted by atomic mass is 9.96. The molecule has 0 amide bonds. The van der Waals surface area contributed by atoms with Gasteiger partial charge in [-0.05, 0) is 32.2 Å². The first-order valence-electron chi connectivity index (χ1n) is 6.35. The average molecular weight is 247 g/mol. The van der Waals surface area contributed by atoms with Crippen molar-refractivity contribution in [2.75, 3.05) is 6.54 Å². The van der Waals surface area contributed by atoms with Crippen molar-refractivity contribution in [2.45, 2.75) is 32.1 Å². The smallest absolute Gasteiger partial charge is 0.274 e. The van der Waals surface area contributed by atoms with Gasteiger partial charge in [0.2, 0.25) is 0 Å². The largest absolute Gasteiger partial charge is 0.330 e. The molecule has 0 aliphatic heterocycles. The number of aromatic amines is 1. The highest BCUT2D eigenvalue weighted by atomic mass is 16.1. The fourth-order valence-electron chi connectivity index (χ4n) is 2.85. The van der Waals surface area contributed by atoms with Crippen LogP contribution in [0.5, 0.6) is 0 Å². The average Bonchev–Trinajstić information content (AvgIpc) is 2.92. The molecule has 2 unspecified atom stereocenters. The zero-order valence-electron chi connectivity index (χ0n) is 10.4. The summed E-state index contributed by atoms with van der Waals surface area (Å²) < 4.78 is 1.41. The van der Waals surface area contributed by atoms with E-state index >= 15 is 0 Å². The van der Waals surface area contributed by atoms with Crippen molar-refractivity contribution in [3.8, 4) is 0 Å². The summed E-state index contributed by atoms with van der Waals surface area (Å²) in [6.45, 7) is 2.47. The molecule has 0 radical (unpaired) electrons. The third kappa shape index (κ3) is 1.73. The molecule has 1 aliphatic rings. The Bertz CT molecular complexity index is 629. The van der Waals surface area contributed by atoms with Crippen LogP contribution in [-0.4, -0.2) is 26.1 Å². The number of rotatable bonds is 2. The van der Waals surface area contributed by atoms with Gasteiger partial charge in [-0.25, -0.2) is 4.98 Å². The van der Waals surface area contributed by atoms with Gasteiger partial charge in [-0.2, -0.15) is 9.50 Å². The molecule has 0 bridgehead atoms. The molecular weight excluding hydrogens is 230 g/mol. The lowest BCUT2D eigenvalue weighted by Gasteiger charge is -2.14. The van der Waals surface area contributed by atoms with Crippen molar-refractivity contribution in [1.29, 1.82) is 0 Å². The normalized spacial score (nSPS) is 23.9. The highest BCUT2D eigenvalue weighted by Crippen LogP contribution is 2.37. The van der Waals surface area contributed by atoms with Crippen molar-refractivity contribution in [2.24, 2.45) is 11.7 Å². The molecule has 2 aromatic heterocycles. The van der Waals surface area contributed by atoms with Gasteiger partial charge in [0.05, 0.1) is 0 Å². The Morgan fingerprint density at radius 3 is 3.11 bits per heavy atom. The van der Waals surface area contributed by atoms with E-state index in [-0.39, 0.29) is 5.56 Å². The second-order valence-corrected chi connectivity index (χ2v) is 5.01. The van der Waals surface area contributed by atoms with E-state index in [1.807, 2.05) is 0 Å². The molecule has 1 aliphatic carbocycles. The third-order valence-corrected chi connectivity index (χ3v) is 3.79. The maximum atomic E-state index is 11.8. The van der Waals surface area contributed by atoms with Crippen molar-refractivity contribution in [3.05, 3.63) is 27.9 Å². The van der Waals surface area contributed by atoms with Crippen LogP contribution in [0.3, 0.4) is 0 Å². The molecule has 0 aromatic carbocycles. The number of aryl methyl sites for hydroxylation is 1. The summed E-state index contributed by atoms with van der Waals surface area (Å²) in [4.78, 5) is 20.5. The third-order valence-electron chi connectivity index (χ3n) is 3.79. The molecule has 96 valence electrons. The predicted octanol–water partition coefficient (Wildman–Crippen LogP) is 0.568. The molecule has 1 fully saturated rings. The van der Waals surface area contributed by atoms with Crippen LogP contribution >= 0.6 is 0 Å². The Kier molecular flexibility index (Phi) is 2.66. The van der Waals surface area contributed by atoms with Gasteiger partial charge in [0.25, 0.3) is 11.3 Å². The first-order valence-corrected chi connectivity index (χ1v) is 6.35. The SMILES string of the molecule is Cc1cc(=O)n2[nH]c(C3CCCC3CN)nc2n1. The number of fused-ring (bicyclic) bond motifs is 1. The van der Waals surface area contributed by atoms with Gasteiger partial charge in [-0.3, -0.25) is 9.89 Å². The van der Waals surface area contributed by atoms with Crippen molar-refractivity contribution >= 4 is 5.78 Å². The zero-order chi connectivity index (χ0) is 12.7. The molecule has 18 heavy (non-hydrogen) atoms. The Morgan fingerprint density at radius 1 is 1.50 bits per heavy atom. The van der Waals surface area contributed by atoms with E-state index in [9.17, 15) is 4.79 Å². The Balaban J connectivity index is 2.08. The molecule has 2 aromatic rings. The minimum atomic E-state index is -0.112. The van der Waals surface area contributed by atoms with Gasteiger partial charge in [0.1, 0.15) is 5.82 Å². The van der Waals surface area contributed by atoms with Gasteiger partial charge in [-0.15, -0.1) is 0 Å². The van der Waals surface area contributed by atoms with Crippen molar-refractivity contribution < 1.29 is 0 Å². The first kappa shape index (κ1) is 11.4. The lowest BCUT2D eigenvalue weighted by Crippen LogP contribution is -2.18. The van der Waals surface area contributed by atoms with Crippen LogP contribution in [0.25, 0.3) is 5.78 Å². The lowest BCUT2D eigenvalue weighted by molar-refractivity contribution is 0.477. The summed E-state index contributed by atoms with van der Waals surface area (Å²) in [6.07, 6.45) is 3.39.